The highest BCUT2D eigenvalue weighted by molar-refractivity contribution is 5.24. The van der Waals surface area contributed by atoms with Gasteiger partial charge in [0, 0.05) is 12.1 Å². The molecule has 1 aromatic rings. The summed E-state index contributed by atoms with van der Waals surface area (Å²) in [5.74, 6) is 0. The van der Waals surface area contributed by atoms with Crippen molar-refractivity contribution in [1.29, 1.82) is 0 Å². The van der Waals surface area contributed by atoms with Crippen LogP contribution in [0.15, 0.2) is 24.3 Å². The van der Waals surface area contributed by atoms with Gasteiger partial charge in [0.2, 0.25) is 0 Å². The number of rotatable bonds is 7. The molecule has 2 N–H and O–H groups in total. The third-order valence-electron chi connectivity index (χ3n) is 3.11. The third-order valence-corrected chi connectivity index (χ3v) is 3.11. The number of nitrogens with one attached hydrogen (secondary N) is 1. The molecule has 0 spiro atoms. The fourth-order valence-electron chi connectivity index (χ4n) is 1.93. The Hall–Kier alpha value is -0.860. The summed E-state index contributed by atoms with van der Waals surface area (Å²) in [6.07, 6.45) is 3.67. The monoisotopic (exact) mass is 235 g/mol. The van der Waals surface area contributed by atoms with Gasteiger partial charge in [-0.3, -0.25) is 0 Å². The topological polar surface area (TPSA) is 32.3 Å². The van der Waals surface area contributed by atoms with Crippen LogP contribution in [0.3, 0.4) is 0 Å². The van der Waals surface area contributed by atoms with Gasteiger partial charge < -0.3 is 10.4 Å². The van der Waals surface area contributed by atoms with Gasteiger partial charge in [-0.2, -0.15) is 0 Å². The van der Waals surface area contributed by atoms with Crippen LogP contribution in [-0.4, -0.2) is 17.8 Å². The van der Waals surface area contributed by atoms with Crippen molar-refractivity contribution in [3.8, 4) is 0 Å². The van der Waals surface area contributed by atoms with E-state index in [9.17, 15) is 0 Å². The predicted molar refractivity (Wildman–Crippen MR) is 73.2 cm³/mol. The second-order valence-electron chi connectivity index (χ2n) is 4.82. The van der Waals surface area contributed by atoms with E-state index in [1.165, 1.54) is 30.4 Å². The molecule has 1 aromatic carbocycles. The highest BCUT2D eigenvalue weighted by Crippen LogP contribution is 2.15. The first-order valence-electron chi connectivity index (χ1n) is 6.63. The zero-order chi connectivity index (χ0) is 12.7. The van der Waals surface area contributed by atoms with Crippen LogP contribution in [0.25, 0.3) is 0 Å². The first-order valence-corrected chi connectivity index (χ1v) is 6.63. The molecule has 2 heteroatoms. The Labute approximate surface area is 105 Å². The van der Waals surface area contributed by atoms with Crippen molar-refractivity contribution >= 4 is 0 Å². The largest absolute Gasteiger partial charge is 0.395 e. The lowest BCUT2D eigenvalue weighted by molar-refractivity contribution is 0.243. The quantitative estimate of drug-likeness (QED) is 0.761. The van der Waals surface area contributed by atoms with Crippen LogP contribution in [0.4, 0.5) is 0 Å². The molecule has 17 heavy (non-hydrogen) atoms. The van der Waals surface area contributed by atoms with Crippen LogP contribution in [0, 0.1) is 0 Å². The number of hydrogen-bond acceptors (Lipinski definition) is 2. The van der Waals surface area contributed by atoms with Crippen LogP contribution in [0.1, 0.15) is 50.8 Å². The molecule has 0 amide bonds. The second kappa shape index (κ2) is 7.46. The molecule has 2 unspecified atom stereocenters. The molecule has 0 aromatic heterocycles. The average molecular weight is 235 g/mol. The van der Waals surface area contributed by atoms with Crippen molar-refractivity contribution in [3.05, 3.63) is 35.4 Å². The molecule has 0 bridgehead atoms. The van der Waals surface area contributed by atoms with Crippen LogP contribution < -0.4 is 5.32 Å². The minimum atomic E-state index is 0.143. The molecule has 0 fully saturated rings. The summed E-state index contributed by atoms with van der Waals surface area (Å²) in [5.41, 5.74) is 2.70. The fraction of sp³-hybridized carbons (Fsp3) is 0.600. The van der Waals surface area contributed by atoms with Gasteiger partial charge >= 0.3 is 0 Å². The van der Waals surface area contributed by atoms with Gasteiger partial charge in [0.15, 0.2) is 0 Å². The molecule has 0 saturated heterocycles. The lowest BCUT2D eigenvalue weighted by Crippen LogP contribution is -2.31. The summed E-state index contributed by atoms with van der Waals surface area (Å²) < 4.78 is 0. The Bertz CT molecular complexity index is 307. The molecule has 2 nitrogen and oxygen atoms in total. The van der Waals surface area contributed by atoms with E-state index in [1.54, 1.807) is 0 Å². The first-order chi connectivity index (χ1) is 8.17. The number of hydrogen-bond donors (Lipinski definition) is 2. The molecule has 0 aliphatic carbocycles. The molecule has 0 aliphatic heterocycles. The Morgan fingerprint density at radius 1 is 1.18 bits per heavy atom. The molecule has 0 heterocycles. The van der Waals surface area contributed by atoms with Crippen LogP contribution in [0.2, 0.25) is 0 Å². The van der Waals surface area contributed by atoms with Gasteiger partial charge in [-0.25, -0.2) is 0 Å². The van der Waals surface area contributed by atoms with Crippen LogP contribution >= 0.6 is 0 Å². The van der Waals surface area contributed by atoms with E-state index in [0.29, 0.717) is 0 Å². The number of aryl methyl sites for hydroxylation is 1. The smallest absolute Gasteiger partial charge is 0.0582 e. The van der Waals surface area contributed by atoms with E-state index < -0.39 is 0 Å². The molecule has 96 valence electrons. The summed E-state index contributed by atoms with van der Waals surface area (Å²) >= 11 is 0. The molecule has 0 saturated carbocycles. The highest BCUT2D eigenvalue weighted by atomic mass is 16.3. The minimum Gasteiger partial charge on any atom is -0.395 e. The van der Waals surface area contributed by atoms with E-state index in [0.717, 1.165) is 0 Å². The Morgan fingerprint density at radius 3 is 2.35 bits per heavy atom. The second-order valence-corrected chi connectivity index (χ2v) is 4.82. The van der Waals surface area contributed by atoms with Gasteiger partial charge in [-0.15, -0.1) is 0 Å². The van der Waals surface area contributed by atoms with Gasteiger partial charge in [-0.05, 0) is 37.8 Å². The van der Waals surface area contributed by atoms with Crippen molar-refractivity contribution in [2.75, 3.05) is 6.61 Å². The summed E-state index contributed by atoms with van der Waals surface area (Å²) in [5, 5.41) is 12.4. The number of aliphatic hydroxyl groups is 1. The molecule has 1 rings (SSSR count). The van der Waals surface area contributed by atoms with Crippen molar-refractivity contribution < 1.29 is 5.11 Å². The summed E-state index contributed by atoms with van der Waals surface area (Å²) in [6, 6.07) is 9.24. The predicted octanol–water partition coefficient (Wildman–Crippen LogP) is 3.06. The molecular formula is C15H25NO. The summed E-state index contributed by atoms with van der Waals surface area (Å²) in [4.78, 5) is 0. The lowest BCUT2D eigenvalue weighted by Gasteiger charge is -2.18. The van der Waals surface area contributed by atoms with E-state index >= 15 is 0 Å². The number of benzene rings is 1. The highest BCUT2D eigenvalue weighted by Gasteiger charge is 2.08. The summed E-state index contributed by atoms with van der Waals surface area (Å²) in [6.45, 7) is 6.52. The SMILES string of the molecule is CCCCc1ccc(C(C)NC(C)CO)cc1. The Balaban J connectivity index is 2.54. The number of unbranched alkanes of at least 4 members (excludes halogenated alkanes) is 1. The number of aliphatic hydroxyl groups excluding tert-OH is 1. The maximum absolute atomic E-state index is 9.01. The zero-order valence-electron chi connectivity index (χ0n) is 11.2. The molecule has 0 aliphatic rings. The van der Waals surface area contributed by atoms with E-state index in [-0.39, 0.29) is 18.7 Å². The zero-order valence-corrected chi connectivity index (χ0v) is 11.2. The molecule has 0 radical (unpaired) electrons. The van der Waals surface area contributed by atoms with Crippen molar-refractivity contribution in [2.24, 2.45) is 0 Å². The van der Waals surface area contributed by atoms with Crippen LogP contribution in [0.5, 0.6) is 0 Å². The lowest BCUT2D eigenvalue weighted by atomic mass is 10.0. The van der Waals surface area contributed by atoms with E-state index in [1.807, 2.05) is 6.92 Å². The van der Waals surface area contributed by atoms with E-state index in [4.69, 9.17) is 5.11 Å². The van der Waals surface area contributed by atoms with Crippen LogP contribution in [-0.2, 0) is 6.42 Å². The standard InChI is InChI=1S/C15H25NO/c1-4-5-6-14-7-9-15(10-8-14)13(3)16-12(2)11-17/h7-10,12-13,16-17H,4-6,11H2,1-3H3. The van der Waals surface area contributed by atoms with Crippen molar-refractivity contribution in [2.45, 2.75) is 52.1 Å². The summed E-state index contributed by atoms with van der Waals surface area (Å²) in [7, 11) is 0. The van der Waals surface area contributed by atoms with E-state index in [2.05, 4.69) is 43.4 Å². The fourth-order valence-corrected chi connectivity index (χ4v) is 1.93. The normalized spacial score (nSPS) is 14.6. The molecular weight excluding hydrogens is 210 g/mol. The van der Waals surface area contributed by atoms with Crippen molar-refractivity contribution in [3.63, 3.8) is 0 Å². The Morgan fingerprint density at radius 2 is 1.82 bits per heavy atom. The first kappa shape index (κ1) is 14.2. The third kappa shape index (κ3) is 4.88. The van der Waals surface area contributed by atoms with Crippen molar-refractivity contribution in [1.82, 2.24) is 5.32 Å². The van der Waals surface area contributed by atoms with Gasteiger partial charge in [0.1, 0.15) is 0 Å². The van der Waals surface area contributed by atoms with Gasteiger partial charge in [0.25, 0.3) is 0 Å². The minimum absolute atomic E-state index is 0.143. The maximum Gasteiger partial charge on any atom is 0.0582 e. The van der Waals surface area contributed by atoms with Gasteiger partial charge in [0.05, 0.1) is 6.61 Å². The maximum atomic E-state index is 9.01. The Kier molecular flexibility index (Phi) is 6.23. The average Bonchev–Trinajstić information content (AvgIpc) is 2.36. The molecule has 2 atom stereocenters. The van der Waals surface area contributed by atoms with Gasteiger partial charge in [-0.1, -0.05) is 37.6 Å².